The van der Waals surface area contributed by atoms with Crippen LogP contribution in [0.4, 0.5) is 5.69 Å². The summed E-state index contributed by atoms with van der Waals surface area (Å²) >= 11 is 0. The van der Waals surface area contributed by atoms with Gasteiger partial charge >= 0.3 is 0 Å². The molecule has 3 heteroatoms. The fourth-order valence-corrected chi connectivity index (χ4v) is 3.60. The summed E-state index contributed by atoms with van der Waals surface area (Å²) in [6, 6.07) is 6.99. The van der Waals surface area contributed by atoms with E-state index < -0.39 is 0 Å². The molecule has 1 aliphatic rings. The van der Waals surface area contributed by atoms with Gasteiger partial charge in [0.25, 0.3) is 5.91 Å². The first-order chi connectivity index (χ1) is 10.9. The third-order valence-electron chi connectivity index (χ3n) is 5.11. The van der Waals surface area contributed by atoms with E-state index in [4.69, 9.17) is 0 Å². The van der Waals surface area contributed by atoms with Crippen molar-refractivity contribution in [1.82, 2.24) is 0 Å². The Morgan fingerprint density at radius 2 is 1.78 bits per heavy atom. The summed E-state index contributed by atoms with van der Waals surface area (Å²) < 4.78 is 0. The lowest BCUT2D eigenvalue weighted by Gasteiger charge is -2.30. The second kappa shape index (κ2) is 7.96. The van der Waals surface area contributed by atoms with Gasteiger partial charge in [-0.15, -0.1) is 0 Å². The first kappa shape index (κ1) is 18.0. The van der Waals surface area contributed by atoms with E-state index in [2.05, 4.69) is 58.1 Å². The number of hydrogen-bond acceptors (Lipinski definition) is 1. The molecule has 0 bridgehead atoms. The Balaban J connectivity index is 2.16. The molecule has 2 rings (SSSR count). The number of quaternary nitrogens is 1. The fraction of sp³-hybridized carbons (Fsp3) is 0.650. The zero-order valence-electron chi connectivity index (χ0n) is 15.4. The minimum Gasteiger partial charge on any atom is -0.325 e. The summed E-state index contributed by atoms with van der Waals surface area (Å²) in [4.78, 5) is 14.1. The molecular weight excluding hydrogens is 284 g/mol. The second-order valence-electron chi connectivity index (χ2n) is 7.65. The predicted molar refractivity (Wildman–Crippen MR) is 97.3 cm³/mol. The molecule has 0 saturated carbocycles. The molecule has 0 aliphatic carbocycles. The summed E-state index contributed by atoms with van der Waals surface area (Å²) in [7, 11) is 0. The number of likely N-dealkylation sites (tertiary alicyclic amines) is 1. The van der Waals surface area contributed by atoms with Crippen LogP contribution in [0.3, 0.4) is 0 Å². The lowest BCUT2D eigenvalue weighted by molar-refractivity contribution is -0.920. The number of para-hydroxylation sites is 1. The number of carbonyl (C=O) groups excluding carboxylic acids is 1. The summed E-state index contributed by atoms with van der Waals surface area (Å²) in [5.41, 5.74) is 3.53. The number of amides is 1. The van der Waals surface area contributed by atoms with Crippen LogP contribution in [0, 0.1) is 0 Å². The Morgan fingerprint density at radius 1 is 1.17 bits per heavy atom. The van der Waals surface area contributed by atoms with Crippen LogP contribution in [0.2, 0.25) is 0 Å². The molecule has 2 atom stereocenters. The molecule has 0 radical (unpaired) electrons. The monoisotopic (exact) mass is 317 g/mol. The number of piperidine rings is 1. The van der Waals surface area contributed by atoms with Crippen LogP contribution < -0.4 is 10.2 Å². The van der Waals surface area contributed by atoms with E-state index in [-0.39, 0.29) is 5.91 Å². The SMILES string of the molecule is CC(C)c1cccc(C(C)C)c1NC(=O)C[NH+]1CCCC[C@H]1C. The average molecular weight is 317 g/mol. The van der Waals surface area contributed by atoms with Crippen LogP contribution >= 0.6 is 0 Å². The molecule has 1 amide bonds. The van der Waals surface area contributed by atoms with Gasteiger partial charge in [0.15, 0.2) is 6.54 Å². The standard InChI is InChI=1S/C20H32N2O/c1-14(2)17-10-8-11-18(15(3)4)20(17)21-19(23)13-22-12-7-6-9-16(22)5/h8,10-11,14-16H,6-7,9,12-13H2,1-5H3,(H,21,23)/p+1/t16-/m1/s1. The zero-order valence-corrected chi connectivity index (χ0v) is 15.4. The van der Waals surface area contributed by atoms with E-state index in [1.165, 1.54) is 35.3 Å². The van der Waals surface area contributed by atoms with E-state index in [9.17, 15) is 4.79 Å². The van der Waals surface area contributed by atoms with Gasteiger partial charge < -0.3 is 10.2 Å². The minimum absolute atomic E-state index is 0.156. The highest BCUT2D eigenvalue weighted by molar-refractivity contribution is 5.93. The van der Waals surface area contributed by atoms with Crippen LogP contribution in [0.15, 0.2) is 18.2 Å². The van der Waals surface area contributed by atoms with Crippen LogP contribution in [-0.4, -0.2) is 25.0 Å². The van der Waals surface area contributed by atoms with Crippen molar-refractivity contribution >= 4 is 11.6 Å². The second-order valence-corrected chi connectivity index (χ2v) is 7.65. The summed E-state index contributed by atoms with van der Waals surface area (Å²) in [6.07, 6.45) is 3.79. The Morgan fingerprint density at radius 3 is 2.30 bits per heavy atom. The summed E-state index contributed by atoms with van der Waals surface area (Å²) in [5.74, 6) is 0.972. The number of carbonyl (C=O) groups is 1. The normalized spacial score (nSPS) is 21.7. The number of hydrogen-bond donors (Lipinski definition) is 2. The maximum atomic E-state index is 12.6. The van der Waals surface area contributed by atoms with E-state index >= 15 is 0 Å². The van der Waals surface area contributed by atoms with Gasteiger partial charge in [-0.2, -0.15) is 0 Å². The third-order valence-corrected chi connectivity index (χ3v) is 5.11. The van der Waals surface area contributed by atoms with Gasteiger partial charge in [0.05, 0.1) is 12.6 Å². The zero-order chi connectivity index (χ0) is 17.0. The Hall–Kier alpha value is -1.35. The molecule has 1 unspecified atom stereocenters. The van der Waals surface area contributed by atoms with Crippen molar-refractivity contribution < 1.29 is 9.69 Å². The molecule has 128 valence electrons. The Bertz CT molecular complexity index is 510. The molecule has 3 nitrogen and oxygen atoms in total. The van der Waals surface area contributed by atoms with Gasteiger partial charge in [0.1, 0.15) is 0 Å². The van der Waals surface area contributed by atoms with Crippen molar-refractivity contribution in [1.29, 1.82) is 0 Å². The van der Waals surface area contributed by atoms with E-state index in [0.717, 1.165) is 12.2 Å². The molecule has 23 heavy (non-hydrogen) atoms. The molecule has 1 saturated heterocycles. The van der Waals surface area contributed by atoms with Gasteiger partial charge in [-0.1, -0.05) is 45.9 Å². The first-order valence-corrected chi connectivity index (χ1v) is 9.17. The van der Waals surface area contributed by atoms with Gasteiger partial charge in [-0.05, 0) is 49.1 Å². The highest BCUT2D eigenvalue weighted by atomic mass is 16.2. The predicted octanol–water partition coefficient (Wildman–Crippen LogP) is 3.33. The van der Waals surface area contributed by atoms with Crippen molar-refractivity contribution in [3.8, 4) is 0 Å². The van der Waals surface area contributed by atoms with Crippen LogP contribution in [0.5, 0.6) is 0 Å². The highest BCUT2D eigenvalue weighted by Gasteiger charge is 2.25. The molecular formula is C20H33N2O+. The van der Waals surface area contributed by atoms with Crippen LogP contribution in [-0.2, 0) is 4.79 Å². The van der Waals surface area contributed by atoms with Crippen molar-refractivity contribution in [2.45, 2.75) is 71.8 Å². The van der Waals surface area contributed by atoms with E-state index in [1.807, 2.05) is 0 Å². The van der Waals surface area contributed by atoms with Crippen LogP contribution in [0.25, 0.3) is 0 Å². The quantitative estimate of drug-likeness (QED) is 0.858. The minimum atomic E-state index is 0.156. The molecule has 1 aromatic rings. The van der Waals surface area contributed by atoms with Crippen molar-refractivity contribution in [2.75, 3.05) is 18.4 Å². The van der Waals surface area contributed by atoms with Crippen molar-refractivity contribution in [3.05, 3.63) is 29.3 Å². The lowest BCUT2D eigenvalue weighted by atomic mass is 9.92. The molecule has 2 N–H and O–H groups in total. The van der Waals surface area contributed by atoms with Gasteiger partial charge in [0, 0.05) is 5.69 Å². The van der Waals surface area contributed by atoms with Crippen molar-refractivity contribution in [3.63, 3.8) is 0 Å². The average Bonchev–Trinajstić information content (AvgIpc) is 2.49. The number of nitrogens with one attached hydrogen (secondary N) is 2. The third kappa shape index (κ3) is 4.57. The van der Waals surface area contributed by atoms with Gasteiger partial charge in [0.2, 0.25) is 0 Å². The Kier molecular flexibility index (Phi) is 6.23. The molecule has 1 heterocycles. The maximum Gasteiger partial charge on any atom is 0.279 e. The summed E-state index contributed by atoms with van der Waals surface area (Å²) in [5, 5.41) is 3.25. The first-order valence-electron chi connectivity index (χ1n) is 9.17. The van der Waals surface area contributed by atoms with Crippen molar-refractivity contribution in [2.24, 2.45) is 0 Å². The van der Waals surface area contributed by atoms with Crippen LogP contribution in [0.1, 0.15) is 76.8 Å². The van der Waals surface area contributed by atoms with E-state index in [1.54, 1.807) is 0 Å². The molecule has 0 spiro atoms. The largest absolute Gasteiger partial charge is 0.325 e. The summed E-state index contributed by atoms with van der Waals surface area (Å²) in [6.45, 7) is 12.7. The number of anilines is 1. The topological polar surface area (TPSA) is 33.5 Å². The lowest BCUT2D eigenvalue weighted by Crippen LogP contribution is -3.17. The van der Waals surface area contributed by atoms with Gasteiger partial charge in [-0.25, -0.2) is 0 Å². The maximum absolute atomic E-state index is 12.6. The molecule has 0 aromatic heterocycles. The molecule has 1 aliphatic heterocycles. The van der Waals surface area contributed by atoms with E-state index in [0.29, 0.717) is 24.4 Å². The highest BCUT2D eigenvalue weighted by Crippen LogP contribution is 2.32. The molecule has 1 fully saturated rings. The number of rotatable bonds is 5. The smallest absolute Gasteiger partial charge is 0.279 e. The van der Waals surface area contributed by atoms with Gasteiger partial charge in [-0.3, -0.25) is 4.79 Å². The fourth-order valence-electron chi connectivity index (χ4n) is 3.60. The number of benzene rings is 1. The Labute approximate surface area is 141 Å². The molecule has 1 aromatic carbocycles.